The molecule has 0 aromatic heterocycles. The number of ether oxygens (including phenoxy) is 1. The minimum absolute atomic E-state index is 0.0653. The van der Waals surface area contributed by atoms with Crippen molar-refractivity contribution in [2.24, 2.45) is 0 Å². The zero-order chi connectivity index (χ0) is 10.6. The molecule has 1 N–H and O–H groups in total. The van der Waals surface area contributed by atoms with Crippen LogP contribution in [0.1, 0.15) is 25.0 Å². The molecule has 0 radical (unpaired) electrons. The quantitative estimate of drug-likeness (QED) is 0.793. The van der Waals surface area contributed by atoms with E-state index in [1.165, 1.54) is 0 Å². The average Bonchev–Trinajstić information content (AvgIpc) is 2.16. The number of hydrogen-bond donors (Lipinski definition) is 1. The highest BCUT2D eigenvalue weighted by Gasteiger charge is 2.02. The Hall–Kier alpha value is -1.53. The van der Waals surface area contributed by atoms with Crippen LogP contribution in [-0.4, -0.2) is 11.2 Å². The second-order valence-electron chi connectivity index (χ2n) is 3.30. The molecule has 0 saturated heterocycles. The number of hydrogen-bond acceptors (Lipinski definition) is 3. The fourth-order valence-electron chi connectivity index (χ4n) is 1.16. The summed E-state index contributed by atoms with van der Waals surface area (Å²) in [6.45, 7) is 3.75. The number of nitrogens with zero attached hydrogens (tertiary/aromatic N) is 1. The first-order valence-corrected chi connectivity index (χ1v) is 4.47. The maximum atomic E-state index is 8.95. The molecular weight excluding hydrogens is 178 g/mol. The summed E-state index contributed by atoms with van der Waals surface area (Å²) in [6.07, 6.45) is 0.0653. The highest BCUT2D eigenvalue weighted by atomic mass is 16.5. The molecule has 0 atom stereocenters. The van der Waals surface area contributed by atoms with Crippen LogP contribution in [-0.2, 0) is 6.61 Å². The van der Waals surface area contributed by atoms with Crippen LogP contribution in [0.25, 0.3) is 0 Å². The predicted molar refractivity (Wildman–Crippen MR) is 52.8 cm³/mol. The van der Waals surface area contributed by atoms with Gasteiger partial charge in [-0.05, 0) is 37.6 Å². The summed E-state index contributed by atoms with van der Waals surface area (Å²) >= 11 is 0. The van der Waals surface area contributed by atoms with E-state index in [1.54, 1.807) is 18.2 Å². The molecule has 0 saturated carbocycles. The first kappa shape index (κ1) is 10.6. The van der Waals surface area contributed by atoms with E-state index in [1.807, 2.05) is 19.9 Å². The molecule has 0 aliphatic heterocycles. The number of aliphatic hydroxyl groups is 1. The van der Waals surface area contributed by atoms with Crippen LogP contribution in [0.3, 0.4) is 0 Å². The molecule has 14 heavy (non-hydrogen) atoms. The van der Waals surface area contributed by atoms with E-state index < -0.39 is 0 Å². The molecule has 1 aromatic rings. The molecule has 0 aliphatic carbocycles. The minimum Gasteiger partial charge on any atom is -0.491 e. The van der Waals surface area contributed by atoms with E-state index >= 15 is 0 Å². The van der Waals surface area contributed by atoms with Gasteiger partial charge in [0.05, 0.1) is 24.3 Å². The van der Waals surface area contributed by atoms with Crippen LogP contribution in [0.2, 0.25) is 0 Å². The Labute approximate surface area is 83.6 Å². The molecule has 0 spiro atoms. The fraction of sp³-hybridized carbons (Fsp3) is 0.364. The molecule has 0 fully saturated rings. The van der Waals surface area contributed by atoms with Crippen molar-refractivity contribution in [3.63, 3.8) is 0 Å². The van der Waals surface area contributed by atoms with Crippen molar-refractivity contribution in [3.05, 3.63) is 29.3 Å². The Morgan fingerprint density at radius 2 is 2.14 bits per heavy atom. The summed E-state index contributed by atoms with van der Waals surface area (Å²) in [4.78, 5) is 0. The predicted octanol–water partition coefficient (Wildman–Crippen LogP) is 1.84. The monoisotopic (exact) mass is 191 g/mol. The summed E-state index contributed by atoms with van der Waals surface area (Å²) in [5.41, 5.74) is 1.20. The maximum absolute atomic E-state index is 8.95. The second-order valence-corrected chi connectivity index (χ2v) is 3.30. The van der Waals surface area contributed by atoms with Crippen molar-refractivity contribution >= 4 is 0 Å². The molecule has 3 heteroatoms. The lowest BCUT2D eigenvalue weighted by atomic mass is 10.1. The minimum atomic E-state index is -0.0794. The Kier molecular flexibility index (Phi) is 3.49. The van der Waals surface area contributed by atoms with Crippen LogP contribution in [0, 0.1) is 11.3 Å². The van der Waals surface area contributed by atoms with E-state index in [9.17, 15) is 0 Å². The zero-order valence-corrected chi connectivity index (χ0v) is 8.32. The van der Waals surface area contributed by atoms with Gasteiger partial charge in [-0.1, -0.05) is 0 Å². The lowest BCUT2D eigenvalue weighted by Gasteiger charge is -2.10. The van der Waals surface area contributed by atoms with Crippen LogP contribution >= 0.6 is 0 Å². The van der Waals surface area contributed by atoms with Gasteiger partial charge in [-0.3, -0.25) is 0 Å². The lowest BCUT2D eigenvalue weighted by molar-refractivity contribution is 0.240. The maximum Gasteiger partial charge on any atom is 0.121 e. The molecule has 3 nitrogen and oxygen atoms in total. The third kappa shape index (κ3) is 2.75. The number of benzene rings is 1. The summed E-state index contributed by atoms with van der Waals surface area (Å²) < 4.78 is 5.44. The molecule has 0 heterocycles. The Bertz CT molecular complexity index is 353. The molecule has 1 rings (SSSR count). The van der Waals surface area contributed by atoms with E-state index in [4.69, 9.17) is 15.1 Å². The van der Waals surface area contributed by atoms with E-state index in [-0.39, 0.29) is 12.7 Å². The third-order valence-corrected chi connectivity index (χ3v) is 1.65. The van der Waals surface area contributed by atoms with Gasteiger partial charge in [-0.2, -0.15) is 5.26 Å². The van der Waals surface area contributed by atoms with Crippen LogP contribution in [0.5, 0.6) is 5.75 Å². The third-order valence-electron chi connectivity index (χ3n) is 1.65. The summed E-state index contributed by atoms with van der Waals surface area (Å²) in [5, 5.41) is 17.7. The van der Waals surface area contributed by atoms with Crippen molar-refractivity contribution in [3.8, 4) is 11.8 Å². The molecule has 0 amide bonds. The van der Waals surface area contributed by atoms with Crippen molar-refractivity contribution in [1.82, 2.24) is 0 Å². The number of nitriles is 1. The normalized spacial score (nSPS) is 9.93. The second kappa shape index (κ2) is 4.64. The van der Waals surface area contributed by atoms with Gasteiger partial charge in [0.25, 0.3) is 0 Å². The smallest absolute Gasteiger partial charge is 0.121 e. The summed E-state index contributed by atoms with van der Waals surface area (Å²) in [7, 11) is 0. The Balaban J connectivity index is 3.00. The van der Waals surface area contributed by atoms with Gasteiger partial charge in [0.2, 0.25) is 0 Å². The first-order valence-electron chi connectivity index (χ1n) is 4.47. The standard InChI is InChI=1S/C11H13NO2/c1-8(2)14-11-4-9(6-12)3-10(5-11)7-13/h3-5,8,13H,7H2,1-2H3. The number of rotatable bonds is 3. The zero-order valence-electron chi connectivity index (χ0n) is 8.32. The van der Waals surface area contributed by atoms with Gasteiger partial charge in [0.1, 0.15) is 5.75 Å². The molecule has 0 unspecified atom stereocenters. The van der Waals surface area contributed by atoms with E-state index in [2.05, 4.69) is 0 Å². The van der Waals surface area contributed by atoms with Crippen molar-refractivity contribution in [2.75, 3.05) is 0 Å². The summed E-state index contributed by atoms with van der Waals surface area (Å²) in [6, 6.07) is 7.07. The van der Waals surface area contributed by atoms with Gasteiger partial charge < -0.3 is 9.84 Å². The summed E-state index contributed by atoms with van der Waals surface area (Å²) in [5.74, 6) is 0.628. The molecular formula is C11H13NO2. The van der Waals surface area contributed by atoms with Gasteiger partial charge in [-0.15, -0.1) is 0 Å². The van der Waals surface area contributed by atoms with Crippen LogP contribution < -0.4 is 4.74 Å². The van der Waals surface area contributed by atoms with Crippen molar-refractivity contribution in [2.45, 2.75) is 26.6 Å². The van der Waals surface area contributed by atoms with Gasteiger partial charge in [-0.25, -0.2) is 0 Å². The average molecular weight is 191 g/mol. The van der Waals surface area contributed by atoms with E-state index in [0.29, 0.717) is 16.9 Å². The van der Waals surface area contributed by atoms with Gasteiger partial charge >= 0.3 is 0 Å². The molecule has 1 aromatic carbocycles. The van der Waals surface area contributed by atoms with Gasteiger partial charge in [0, 0.05) is 0 Å². The molecule has 0 bridgehead atoms. The molecule has 74 valence electrons. The fourth-order valence-corrected chi connectivity index (χ4v) is 1.16. The highest BCUT2D eigenvalue weighted by molar-refractivity contribution is 5.40. The van der Waals surface area contributed by atoms with Crippen LogP contribution in [0.15, 0.2) is 18.2 Å². The topological polar surface area (TPSA) is 53.2 Å². The first-order chi connectivity index (χ1) is 6.65. The van der Waals surface area contributed by atoms with Crippen molar-refractivity contribution in [1.29, 1.82) is 5.26 Å². The largest absolute Gasteiger partial charge is 0.491 e. The Morgan fingerprint density at radius 3 is 2.64 bits per heavy atom. The highest BCUT2D eigenvalue weighted by Crippen LogP contribution is 2.18. The number of aliphatic hydroxyl groups excluding tert-OH is 1. The van der Waals surface area contributed by atoms with E-state index in [0.717, 1.165) is 0 Å². The molecule has 0 aliphatic rings. The SMILES string of the molecule is CC(C)Oc1cc(C#N)cc(CO)c1. The van der Waals surface area contributed by atoms with Crippen molar-refractivity contribution < 1.29 is 9.84 Å². The van der Waals surface area contributed by atoms with Crippen LogP contribution in [0.4, 0.5) is 0 Å². The van der Waals surface area contributed by atoms with Gasteiger partial charge in [0.15, 0.2) is 0 Å². The lowest BCUT2D eigenvalue weighted by Crippen LogP contribution is -2.06. The Morgan fingerprint density at radius 1 is 1.43 bits per heavy atom.